The van der Waals surface area contributed by atoms with Crippen molar-refractivity contribution in [3.63, 3.8) is 0 Å². The van der Waals surface area contributed by atoms with E-state index in [0.717, 1.165) is 11.1 Å². The van der Waals surface area contributed by atoms with E-state index in [0.29, 0.717) is 16.6 Å². The molecule has 0 aliphatic heterocycles. The number of phenolic OH excluding ortho intramolecular Hbond substituents is 1. The first-order valence-corrected chi connectivity index (χ1v) is 8.21. The van der Waals surface area contributed by atoms with Crippen molar-refractivity contribution in [3.05, 3.63) is 96.2 Å². The van der Waals surface area contributed by atoms with Gasteiger partial charge in [-0.1, -0.05) is 36.4 Å². The number of phenols is 1. The van der Waals surface area contributed by atoms with Crippen molar-refractivity contribution in [2.45, 2.75) is 6.04 Å². The van der Waals surface area contributed by atoms with Crippen LogP contribution in [0.15, 0.2) is 79.3 Å². The molecule has 0 unspecified atom stereocenters. The van der Waals surface area contributed by atoms with E-state index in [1.54, 1.807) is 48.9 Å². The molecule has 4 aromatic rings. The number of aromatic hydroxyl groups is 1. The number of nitrogens with one attached hydrogen (secondary N) is 1. The first-order chi connectivity index (χ1) is 12.7. The number of fused-ring (bicyclic) bond motifs is 1. The van der Waals surface area contributed by atoms with Gasteiger partial charge in [-0.25, -0.2) is 4.39 Å². The molecule has 128 valence electrons. The highest BCUT2D eigenvalue weighted by Crippen LogP contribution is 2.37. The van der Waals surface area contributed by atoms with Crippen molar-refractivity contribution < 1.29 is 9.50 Å². The summed E-state index contributed by atoms with van der Waals surface area (Å²) < 4.78 is 14.5. The third-order valence-electron chi connectivity index (χ3n) is 4.28. The van der Waals surface area contributed by atoms with Gasteiger partial charge in [0.25, 0.3) is 0 Å². The molecule has 0 amide bonds. The van der Waals surface area contributed by atoms with Gasteiger partial charge >= 0.3 is 0 Å². The maximum atomic E-state index is 14.5. The molecule has 0 bridgehead atoms. The lowest BCUT2D eigenvalue weighted by Crippen LogP contribution is -2.14. The van der Waals surface area contributed by atoms with E-state index in [1.165, 1.54) is 6.07 Å². The Labute approximate surface area is 150 Å². The van der Waals surface area contributed by atoms with Gasteiger partial charge in [-0.3, -0.25) is 9.97 Å². The Morgan fingerprint density at radius 3 is 2.54 bits per heavy atom. The number of hydrogen-bond acceptors (Lipinski definition) is 4. The SMILES string of the molecule is Oc1c([C@@H](Nc2cccnc2)c2ccccc2F)ccc2cccnc12. The Balaban J connectivity index is 1.88. The monoisotopic (exact) mass is 345 g/mol. The summed E-state index contributed by atoms with van der Waals surface area (Å²) >= 11 is 0. The van der Waals surface area contributed by atoms with Crippen LogP contribution in [0.3, 0.4) is 0 Å². The summed E-state index contributed by atoms with van der Waals surface area (Å²) in [5, 5.41) is 14.9. The van der Waals surface area contributed by atoms with E-state index in [4.69, 9.17) is 0 Å². The number of nitrogens with zero attached hydrogens (tertiary/aromatic N) is 2. The standard InChI is InChI=1S/C21H16FN3O/c22-18-8-2-1-7-16(18)20(25-15-6-4-11-23-13-15)17-10-9-14-5-3-12-24-19(14)21(17)26/h1-13,20,25-26H/t20-/m0/s1. The number of halogens is 1. The molecule has 2 aromatic heterocycles. The fourth-order valence-corrected chi connectivity index (χ4v) is 3.03. The molecule has 0 saturated heterocycles. The minimum atomic E-state index is -0.591. The van der Waals surface area contributed by atoms with Crippen LogP contribution < -0.4 is 5.32 Å². The van der Waals surface area contributed by atoms with Crippen LogP contribution in [0.2, 0.25) is 0 Å². The van der Waals surface area contributed by atoms with Crippen LogP contribution in [-0.2, 0) is 0 Å². The second-order valence-electron chi connectivity index (χ2n) is 5.92. The Hall–Kier alpha value is -3.47. The van der Waals surface area contributed by atoms with Crippen LogP contribution in [0, 0.1) is 5.82 Å². The van der Waals surface area contributed by atoms with Gasteiger partial charge in [0.2, 0.25) is 0 Å². The topological polar surface area (TPSA) is 58.0 Å². The summed E-state index contributed by atoms with van der Waals surface area (Å²) in [5.74, 6) is -0.317. The van der Waals surface area contributed by atoms with E-state index in [-0.39, 0.29) is 11.6 Å². The zero-order valence-electron chi connectivity index (χ0n) is 13.8. The Morgan fingerprint density at radius 2 is 1.73 bits per heavy atom. The molecule has 2 heterocycles. The Kier molecular flexibility index (Phi) is 4.19. The van der Waals surface area contributed by atoms with Gasteiger partial charge in [0, 0.05) is 35.1 Å². The average Bonchev–Trinajstić information content (AvgIpc) is 2.68. The first kappa shape index (κ1) is 16.0. The van der Waals surface area contributed by atoms with Crippen LogP contribution in [0.25, 0.3) is 10.9 Å². The van der Waals surface area contributed by atoms with E-state index in [2.05, 4.69) is 15.3 Å². The van der Waals surface area contributed by atoms with Crippen molar-refractivity contribution in [1.82, 2.24) is 9.97 Å². The minimum absolute atomic E-state index is 0.0349. The quantitative estimate of drug-likeness (QED) is 0.564. The largest absolute Gasteiger partial charge is 0.505 e. The second-order valence-corrected chi connectivity index (χ2v) is 5.92. The fourth-order valence-electron chi connectivity index (χ4n) is 3.03. The number of hydrogen-bond donors (Lipinski definition) is 2. The van der Waals surface area contributed by atoms with E-state index >= 15 is 0 Å². The number of aromatic nitrogens is 2. The van der Waals surface area contributed by atoms with Crippen molar-refractivity contribution in [3.8, 4) is 5.75 Å². The van der Waals surface area contributed by atoms with Crippen LogP contribution in [0.1, 0.15) is 17.2 Å². The molecule has 0 aliphatic rings. The van der Waals surface area contributed by atoms with Crippen LogP contribution in [0.5, 0.6) is 5.75 Å². The van der Waals surface area contributed by atoms with Crippen LogP contribution >= 0.6 is 0 Å². The van der Waals surface area contributed by atoms with Gasteiger partial charge in [0.1, 0.15) is 17.1 Å². The zero-order valence-corrected chi connectivity index (χ0v) is 13.8. The molecule has 1 atom stereocenters. The van der Waals surface area contributed by atoms with E-state index in [1.807, 2.05) is 24.3 Å². The van der Waals surface area contributed by atoms with Gasteiger partial charge in [-0.15, -0.1) is 0 Å². The molecule has 0 spiro atoms. The maximum absolute atomic E-state index is 14.5. The average molecular weight is 345 g/mol. The summed E-state index contributed by atoms with van der Waals surface area (Å²) in [6, 6.07) is 16.9. The highest BCUT2D eigenvalue weighted by atomic mass is 19.1. The number of pyridine rings is 2. The lowest BCUT2D eigenvalue weighted by Gasteiger charge is -2.22. The second kappa shape index (κ2) is 6.80. The van der Waals surface area contributed by atoms with Crippen molar-refractivity contribution >= 4 is 16.6 Å². The highest BCUT2D eigenvalue weighted by molar-refractivity contribution is 5.86. The molecular formula is C21H16FN3O. The first-order valence-electron chi connectivity index (χ1n) is 8.21. The summed E-state index contributed by atoms with van der Waals surface area (Å²) in [7, 11) is 0. The predicted octanol–water partition coefficient (Wildman–Crippen LogP) is 4.68. The molecule has 0 saturated carbocycles. The summed E-state index contributed by atoms with van der Waals surface area (Å²) in [6.07, 6.45) is 4.95. The van der Waals surface area contributed by atoms with Crippen molar-refractivity contribution in [1.29, 1.82) is 0 Å². The van der Waals surface area contributed by atoms with Gasteiger partial charge in [-0.2, -0.15) is 0 Å². The molecule has 26 heavy (non-hydrogen) atoms. The summed E-state index contributed by atoms with van der Waals surface area (Å²) in [5.41, 5.74) is 2.19. The third-order valence-corrected chi connectivity index (χ3v) is 4.28. The van der Waals surface area contributed by atoms with E-state index < -0.39 is 6.04 Å². The maximum Gasteiger partial charge on any atom is 0.147 e. The van der Waals surface area contributed by atoms with Crippen molar-refractivity contribution in [2.24, 2.45) is 0 Å². The van der Waals surface area contributed by atoms with E-state index in [9.17, 15) is 9.50 Å². The van der Waals surface area contributed by atoms with Gasteiger partial charge in [0.15, 0.2) is 0 Å². The molecule has 4 rings (SSSR count). The molecule has 2 N–H and O–H groups in total. The van der Waals surface area contributed by atoms with Crippen molar-refractivity contribution in [2.75, 3.05) is 5.32 Å². The number of rotatable bonds is 4. The predicted molar refractivity (Wildman–Crippen MR) is 99.5 cm³/mol. The Morgan fingerprint density at radius 1 is 0.885 bits per heavy atom. The molecule has 5 heteroatoms. The Bertz CT molecular complexity index is 1050. The molecule has 4 nitrogen and oxygen atoms in total. The molecule has 0 aliphatic carbocycles. The summed E-state index contributed by atoms with van der Waals surface area (Å²) in [4.78, 5) is 8.35. The normalized spacial score (nSPS) is 12.0. The van der Waals surface area contributed by atoms with Gasteiger partial charge in [-0.05, 0) is 24.3 Å². The lowest BCUT2D eigenvalue weighted by atomic mass is 9.95. The zero-order chi connectivity index (χ0) is 17.9. The highest BCUT2D eigenvalue weighted by Gasteiger charge is 2.22. The molecule has 0 fully saturated rings. The fraction of sp³-hybridized carbons (Fsp3) is 0.0476. The van der Waals surface area contributed by atoms with Gasteiger partial charge in [0.05, 0.1) is 11.7 Å². The lowest BCUT2D eigenvalue weighted by molar-refractivity contribution is 0.471. The molecule has 0 radical (unpaired) electrons. The molecular weight excluding hydrogens is 329 g/mol. The minimum Gasteiger partial charge on any atom is -0.505 e. The van der Waals surface area contributed by atoms with Crippen LogP contribution in [-0.4, -0.2) is 15.1 Å². The number of benzene rings is 2. The molecule has 2 aromatic carbocycles. The smallest absolute Gasteiger partial charge is 0.147 e. The summed E-state index contributed by atoms with van der Waals surface area (Å²) in [6.45, 7) is 0. The number of anilines is 1. The van der Waals surface area contributed by atoms with Crippen LogP contribution in [0.4, 0.5) is 10.1 Å². The third kappa shape index (κ3) is 2.95. The van der Waals surface area contributed by atoms with Gasteiger partial charge < -0.3 is 10.4 Å².